The maximum absolute atomic E-state index is 13.7. The van der Waals surface area contributed by atoms with Crippen LogP contribution in [-0.4, -0.2) is 27.0 Å². The summed E-state index contributed by atoms with van der Waals surface area (Å²) in [5.41, 5.74) is 0.433. The number of rotatable bonds is 4. The normalized spacial score (nSPS) is 19.6. The Labute approximate surface area is 116 Å². The van der Waals surface area contributed by atoms with Crippen LogP contribution in [0.4, 0.5) is 8.78 Å². The van der Waals surface area contributed by atoms with Crippen LogP contribution in [0.2, 0.25) is 0 Å². The molecule has 1 aromatic heterocycles. The van der Waals surface area contributed by atoms with Gasteiger partial charge in [-0.15, -0.1) is 0 Å². The van der Waals surface area contributed by atoms with E-state index in [0.29, 0.717) is 18.2 Å². The Hall–Kier alpha value is -1.75. The van der Waals surface area contributed by atoms with Gasteiger partial charge < -0.3 is 4.57 Å². The van der Waals surface area contributed by atoms with Gasteiger partial charge in [-0.05, 0) is 37.6 Å². The minimum absolute atomic E-state index is 0.334. The van der Waals surface area contributed by atoms with Gasteiger partial charge in [-0.25, -0.2) is 13.8 Å². The van der Waals surface area contributed by atoms with E-state index in [2.05, 4.69) is 9.88 Å². The third-order valence-corrected chi connectivity index (χ3v) is 3.86. The molecule has 1 fully saturated rings. The summed E-state index contributed by atoms with van der Waals surface area (Å²) in [5.74, 6) is -0.716. The van der Waals surface area contributed by atoms with Crippen LogP contribution < -0.4 is 0 Å². The van der Waals surface area contributed by atoms with E-state index in [1.54, 1.807) is 12.5 Å². The number of hydrogen-bond donors (Lipinski definition) is 0. The highest BCUT2D eigenvalue weighted by molar-refractivity contribution is 5.18. The Morgan fingerprint density at radius 3 is 3.00 bits per heavy atom. The Bertz CT molecular complexity index is 569. The van der Waals surface area contributed by atoms with Crippen molar-refractivity contribution < 1.29 is 8.78 Å². The topological polar surface area (TPSA) is 21.1 Å². The quantitative estimate of drug-likeness (QED) is 0.857. The Morgan fingerprint density at radius 2 is 2.20 bits per heavy atom. The van der Waals surface area contributed by atoms with Crippen molar-refractivity contribution >= 4 is 0 Å². The van der Waals surface area contributed by atoms with E-state index in [4.69, 9.17) is 0 Å². The van der Waals surface area contributed by atoms with Gasteiger partial charge >= 0.3 is 0 Å². The number of likely N-dealkylation sites (tertiary alicyclic amines) is 1. The molecule has 1 aliphatic rings. The van der Waals surface area contributed by atoms with E-state index in [9.17, 15) is 8.78 Å². The largest absolute Gasteiger partial charge is 0.336 e. The van der Waals surface area contributed by atoms with Crippen molar-refractivity contribution in [1.82, 2.24) is 14.5 Å². The molecule has 0 N–H and O–H groups in total. The number of benzene rings is 1. The number of aromatic nitrogens is 2. The third kappa shape index (κ3) is 2.88. The Morgan fingerprint density at radius 1 is 1.30 bits per heavy atom. The van der Waals surface area contributed by atoms with E-state index in [0.717, 1.165) is 32.0 Å². The summed E-state index contributed by atoms with van der Waals surface area (Å²) in [6, 6.07) is 4.01. The smallest absolute Gasteiger partial charge is 0.127 e. The monoisotopic (exact) mass is 277 g/mol. The maximum Gasteiger partial charge on any atom is 0.127 e. The second kappa shape index (κ2) is 5.71. The average molecular weight is 277 g/mol. The van der Waals surface area contributed by atoms with Crippen molar-refractivity contribution in [2.45, 2.75) is 32.0 Å². The van der Waals surface area contributed by atoms with E-state index in [1.165, 1.54) is 12.1 Å². The van der Waals surface area contributed by atoms with Gasteiger partial charge in [0.2, 0.25) is 0 Å². The summed E-state index contributed by atoms with van der Waals surface area (Å²) in [6.45, 7) is 2.23. The first-order chi connectivity index (χ1) is 9.72. The highest BCUT2D eigenvalue weighted by Crippen LogP contribution is 2.22. The van der Waals surface area contributed by atoms with Gasteiger partial charge in [0.25, 0.3) is 0 Å². The van der Waals surface area contributed by atoms with E-state index in [1.807, 2.05) is 10.8 Å². The zero-order valence-electron chi connectivity index (χ0n) is 11.2. The van der Waals surface area contributed by atoms with Gasteiger partial charge in [-0.1, -0.05) is 0 Å². The van der Waals surface area contributed by atoms with Gasteiger partial charge in [-0.2, -0.15) is 0 Å². The molecular formula is C15H17F2N3. The Balaban J connectivity index is 1.71. The van der Waals surface area contributed by atoms with Crippen LogP contribution in [0.3, 0.4) is 0 Å². The lowest BCUT2D eigenvalue weighted by atomic mass is 10.1. The second-order valence-corrected chi connectivity index (χ2v) is 5.26. The molecule has 106 valence electrons. The number of imidazole rings is 1. The molecule has 2 aromatic rings. The van der Waals surface area contributed by atoms with E-state index in [-0.39, 0.29) is 11.6 Å². The van der Waals surface area contributed by atoms with Crippen LogP contribution >= 0.6 is 0 Å². The fourth-order valence-electron chi connectivity index (χ4n) is 2.83. The maximum atomic E-state index is 13.7. The van der Waals surface area contributed by atoms with Crippen LogP contribution in [0.25, 0.3) is 0 Å². The fraction of sp³-hybridized carbons (Fsp3) is 0.400. The molecule has 1 atom stereocenters. The third-order valence-electron chi connectivity index (χ3n) is 3.86. The van der Waals surface area contributed by atoms with Crippen LogP contribution in [0.1, 0.15) is 18.4 Å². The molecule has 0 unspecified atom stereocenters. The van der Waals surface area contributed by atoms with Crippen LogP contribution in [0, 0.1) is 11.6 Å². The highest BCUT2D eigenvalue weighted by atomic mass is 19.1. The predicted octanol–water partition coefficient (Wildman–Crippen LogP) is 2.83. The molecule has 20 heavy (non-hydrogen) atoms. The van der Waals surface area contributed by atoms with Crippen molar-refractivity contribution in [2.24, 2.45) is 0 Å². The van der Waals surface area contributed by atoms with Crippen molar-refractivity contribution in [3.63, 3.8) is 0 Å². The van der Waals surface area contributed by atoms with Gasteiger partial charge in [-0.3, -0.25) is 4.90 Å². The van der Waals surface area contributed by atoms with Gasteiger partial charge in [0.1, 0.15) is 11.6 Å². The minimum Gasteiger partial charge on any atom is -0.336 e. The average Bonchev–Trinajstić information content (AvgIpc) is 3.07. The van der Waals surface area contributed by atoms with Gasteiger partial charge in [0.05, 0.1) is 6.33 Å². The van der Waals surface area contributed by atoms with Crippen LogP contribution in [0.15, 0.2) is 36.9 Å². The van der Waals surface area contributed by atoms with Crippen molar-refractivity contribution in [2.75, 3.05) is 6.54 Å². The summed E-state index contributed by atoms with van der Waals surface area (Å²) < 4.78 is 29.0. The van der Waals surface area contributed by atoms with Crippen molar-refractivity contribution in [3.8, 4) is 0 Å². The molecule has 0 bridgehead atoms. The van der Waals surface area contributed by atoms with E-state index < -0.39 is 0 Å². The zero-order chi connectivity index (χ0) is 13.9. The SMILES string of the molecule is Fc1ccc(F)c(CN2CCC[C@H]2Cn2ccnc2)c1. The second-order valence-electron chi connectivity index (χ2n) is 5.26. The first-order valence-electron chi connectivity index (χ1n) is 6.86. The molecule has 0 spiro atoms. The summed E-state index contributed by atoms with van der Waals surface area (Å²) in [4.78, 5) is 6.25. The standard InChI is InChI=1S/C15H17F2N3/c16-13-3-4-15(17)12(8-13)9-20-6-1-2-14(20)10-19-7-5-18-11-19/h3-5,7-8,11,14H,1-2,6,9-10H2/t14-/m0/s1. The molecule has 0 saturated carbocycles. The van der Waals surface area contributed by atoms with Crippen molar-refractivity contribution in [3.05, 3.63) is 54.1 Å². The lowest BCUT2D eigenvalue weighted by molar-refractivity contribution is 0.221. The molecule has 0 radical (unpaired) electrons. The number of nitrogens with zero attached hydrogens (tertiary/aromatic N) is 3. The molecular weight excluding hydrogens is 260 g/mol. The molecule has 3 rings (SSSR count). The summed E-state index contributed by atoms with van der Waals surface area (Å²) >= 11 is 0. The molecule has 5 heteroatoms. The van der Waals surface area contributed by atoms with Crippen molar-refractivity contribution in [1.29, 1.82) is 0 Å². The highest BCUT2D eigenvalue weighted by Gasteiger charge is 2.25. The van der Waals surface area contributed by atoms with Gasteiger partial charge in [0.15, 0.2) is 0 Å². The summed E-state index contributed by atoms with van der Waals surface area (Å²) in [7, 11) is 0. The Kier molecular flexibility index (Phi) is 3.78. The van der Waals surface area contributed by atoms with Crippen LogP contribution in [-0.2, 0) is 13.1 Å². The molecule has 3 nitrogen and oxygen atoms in total. The molecule has 1 aromatic carbocycles. The zero-order valence-corrected chi connectivity index (χ0v) is 11.2. The first-order valence-corrected chi connectivity index (χ1v) is 6.86. The first kappa shape index (κ1) is 13.2. The lowest BCUT2D eigenvalue weighted by Crippen LogP contribution is -2.32. The molecule has 1 saturated heterocycles. The minimum atomic E-state index is -0.383. The molecule has 0 amide bonds. The van der Waals surface area contributed by atoms with Crippen LogP contribution in [0.5, 0.6) is 0 Å². The van der Waals surface area contributed by atoms with E-state index >= 15 is 0 Å². The number of hydrogen-bond acceptors (Lipinski definition) is 2. The molecule has 2 heterocycles. The summed E-state index contributed by atoms with van der Waals surface area (Å²) in [5, 5.41) is 0. The van der Waals surface area contributed by atoms with Gasteiger partial charge in [0, 0.05) is 37.1 Å². The summed E-state index contributed by atoms with van der Waals surface area (Å²) in [6.07, 6.45) is 7.65. The fourth-order valence-corrected chi connectivity index (χ4v) is 2.83. The number of halogens is 2. The molecule has 1 aliphatic heterocycles. The molecule has 0 aliphatic carbocycles. The lowest BCUT2D eigenvalue weighted by Gasteiger charge is -2.25. The predicted molar refractivity (Wildman–Crippen MR) is 72.0 cm³/mol.